The van der Waals surface area contributed by atoms with E-state index in [-0.39, 0.29) is 5.69 Å². The van der Waals surface area contributed by atoms with Gasteiger partial charge < -0.3 is 0 Å². The van der Waals surface area contributed by atoms with E-state index in [9.17, 15) is 4.79 Å². The molecule has 2 N–H and O–H groups in total. The molecule has 0 saturated carbocycles. The van der Waals surface area contributed by atoms with Crippen LogP contribution >= 0.6 is 11.6 Å². The van der Waals surface area contributed by atoms with Crippen LogP contribution in [-0.4, -0.2) is 32.1 Å². The predicted octanol–water partition coefficient (Wildman–Crippen LogP) is 4.30. The Hall–Kier alpha value is -3.71. The summed E-state index contributed by atoms with van der Waals surface area (Å²) >= 11 is 6.19. The summed E-state index contributed by atoms with van der Waals surface area (Å²) < 4.78 is 1.85. The zero-order valence-corrected chi connectivity index (χ0v) is 17.2. The number of H-pyrrole nitrogens is 1. The maximum Gasteiger partial charge on any atom is 0.289 e. The number of aromatic amines is 1. The number of aryl methyl sites for hydroxylation is 1. The Morgan fingerprint density at radius 3 is 2.63 bits per heavy atom. The first-order valence-corrected chi connectivity index (χ1v) is 9.67. The quantitative estimate of drug-likeness (QED) is 0.374. The number of halogens is 1. The van der Waals surface area contributed by atoms with Crippen molar-refractivity contribution in [3.05, 3.63) is 88.3 Å². The smallest absolute Gasteiger partial charge is 0.272 e. The van der Waals surface area contributed by atoms with Gasteiger partial charge in [-0.3, -0.25) is 9.89 Å². The average molecular weight is 419 g/mol. The fourth-order valence-corrected chi connectivity index (χ4v) is 3.36. The molecular formula is C22H19ClN6O. The lowest BCUT2D eigenvalue weighted by molar-refractivity contribution is 0.0950. The van der Waals surface area contributed by atoms with Crippen molar-refractivity contribution in [2.24, 2.45) is 5.10 Å². The SMILES string of the molecule is Cc1nn(-c2ccccc2)c(C)c1C=NNC(=O)c1cc(-c2ccccc2Cl)n[nH]1. The van der Waals surface area contributed by atoms with E-state index in [1.54, 1.807) is 18.3 Å². The lowest BCUT2D eigenvalue weighted by Gasteiger charge is -2.03. The van der Waals surface area contributed by atoms with Crippen LogP contribution in [0.5, 0.6) is 0 Å². The average Bonchev–Trinajstić information content (AvgIpc) is 3.35. The molecular weight excluding hydrogens is 400 g/mol. The molecule has 0 unspecified atom stereocenters. The summed E-state index contributed by atoms with van der Waals surface area (Å²) in [5.41, 5.74) is 7.70. The first-order valence-electron chi connectivity index (χ1n) is 9.30. The number of rotatable bonds is 5. The van der Waals surface area contributed by atoms with Crippen LogP contribution in [-0.2, 0) is 0 Å². The largest absolute Gasteiger partial charge is 0.289 e. The lowest BCUT2D eigenvalue weighted by atomic mass is 10.1. The third-order valence-electron chi connectivity index (χ3n) is 4.68. The van der Waals surface area contributed by atoms with Gasteiger partial charge in [-0.15, -0.1) is 0 Å². The molecule has 0 fully saturated rings. The van der Waals surface area contributed by atoms with Gasteiger partial charge in [-0.05, 0) is 38.1 Å². The summed E-state index contributed by atoms with van der Waals surface area (Å²) in [6, 6.07) is 18.8. The molecule has 7 nitrogen and oxygen atoms in total. The first kappa shape index (κ1) is 19.6. The van der Waals surface area contributed by atoms with Gasteiger partial charge in [0.25, 0.3) is 5.91 Å². The Balaban J connectivity index is 1.49. The van der Waals surface area contributed by atoms with E-state index < -0.39 is 5.91 Å². The normalized spacial score (nSPS) is 11.2. The number of amides is 1. The molecule has 2 heterocycles. The fraction of sp³-hybridized carbons (Fsp3) is 0.0909. The molecule has 0 atom stereocenters. The van der Waals surface area contributed by atoms with Crippen molar-refractivity contribution < 1.29 is 4.79 Å². The van der Waals surface area contributed by atoms with Crippen LogP contribution in [0, 0.1) is 13.8 Å². The van der Waals surface area contributed by atoms with Crippen LogP contribution < -0.4 is 5.43 Å². The molecule has 0 aliphatic heterocycles. The van der Waals surface area contributed by atoms with Crippen molar-refractivity contribution in [3.8, 4) is 16.9 Å². The Kier molecular flexibility index (Phi) is 5.45. The number of hydrazone groups is 1. The van der Waals surface area contributed by atoms with Crippen LogP contribution in [0.25, 0.3) is 16.9 Å². The molecule has 4 aromatic rings. The number of carbonyl (C=O) groups is 1. The van der Waals surface area contributed by atoms with Crippen molar-refractivity contribution in [2.45, 2.75) is 13.8 Å². The number of hydrogen-bond donors (Lipinski definition) is 2. The molecule has 1 amide bonds. The molecule has 8 heteroatoms. The maximum atomic E-state index is 12.4. The van der Waals surface area contributed by atoms with Gasteiger partial charge in [0.05, 0.1) is 34.0 Å². The highest BCUT2D eigenvalue weighted by Crippen LogP contribution is 2.26. The van der Waals surface area contributed by atoms with Gasteiger partial charge in [-0.1, -0.05) is 48.0 Å². The second kappa shape index (κ2) is 8.34. The summed E-state index contributed by atoms with van der Waals surface area (Å²) in [6.07, 6.45) is 1.60. The minimum Gasteiger partial charge on any atom is -0.272 e. The van der Waals surface area contributed by atoms with Gasteiger partial charge in [0.2, 0.25) is 0 Å². The van der Waals surface area contributed by atoms with Crippen molar-refractivity contribution in [2.75, 3.05) is 0 Å². The number of nitrogens with zero attached hydrogens (tertiary/aromatic N) is 4. The van der Waals surface area contributed by atoms with Gasteiger partial charge in [0.15, 0.2) is 0 Å². The minimum atomic E-state index is -0.400. The minimum absolute atomic E-state index is 0.287. The van der Waals surface area contributed by atoms with E-state index >= 15 is 0 Å². The molecule has 0 spiro atoms. The third kappa shape index (κ3) is 3.88. The van der Waals surface area contributed by atoms with Crippen LogP contribution in [0.1, 0.15) is 27.4 Å². The van der Waals surface area contributed by atoms with E-state index in [0.717, 1.165) is 28.2 Å². The number of hydrogen-bond acceptors (Lipinski definition) is 4. The molecule has 30 heavy (non-hydrogen) atoms. The number of aromatic nitrogens is 4. The molecule has 2 aromatic heterocycles. The zero-order chi connectivity index (χ0) is 21.1. The van der Waals surface area contributed by atoms with Crippen molar-refractivity contribution in [3.63, 3.8) is 0 Å². The second-order valence-corrected chi connectivity index (χ2v) is 7.08. The fourth-order valence-electron chi connectivity index (χ4n) is 3.12. The van der Waals surface area contributed by atoms with E-state index in [2.05, 4.69) is 25.8 Å². The summed E-state index contributed by atoms with van der Waals surface area (Å²) in [6.45, 7) is 3.86. The van der Waals surface area contributed by atoms with E-state index in [0.29, 0.717) is 10.7 Å². The summed E-state index contributed by atoms with van der Waals surface area (Å²) in [5, 5.41) is 16.1. The standard InChI is InChI=1S/C22H19ClN6O/c1-14-18(15(2)29(28-14)16-8-4-3-5-9-16)13-24-27-22(30)21-12-20(25-26-21)17-10-6-7-11-19(17)23/h3-13H,1-2H3,(H,25,26)(H,27,30). The van der Waals surface area contributed by atoms with Crippen molar-refractivity contribution in [1.29, 1.82) is 0 Å². The first-order chi connectivity index (χ1) is 14.5. The lowest BCUT2D eigenvalue weighted by Crippen LogP contribution is -2.18. The third-order valence-corrected chi connectivity index (χ3v) is 5.01. The molecule has 150 valence electrons. The van der Waals surface area contributed by atoms with Gasteiger partial charge >= 0.3 is 0 Å². The Bertz CT molecular complexity index is 1230. The number of nitrogens with one attached hydrogen (secondary N) is 2. The number of benzene rings is 2. The van der Waals surface area contributed by atoms with Gasteiger partial charge in [-0.2, -0.15) is 15.3 Å². The van der Waals surface area contributed by atoms with Crippen LogP contribution in [0.3, 0.4) is 0 Å². The van der Waals surface area contributed by atoms with E-state index in [1.165, 1.54) is 0 Å². The summed E-state index contributed by atoms with van der Waals surface area (Å²) in [4.78, 5) is 12.4. The van der Waals surface area contributed by atoms with Crippen molar-refractivity contribution in [1.82, 2.24) is 25.4 Å². The highest BCUT2D eigenvalue weighted by Gasteiger charge is 2.13. The zero-order valence-electron chi connectivity index (χ0n) is 16.4. The predicted molar refractivity (Wildman–Crippen MR) is 117 cm³/mol. The summed E-state index contributed by atoms with van der Waals surface area (Å²) in [5.74, 6) is -0.400. The van der Waals surface area contributed by atoms with Crippen LogP contribution in [0.2, 0.25) is 5.02 Å². The number of para-hydroxylation sites is 1. The maximum absolute atomic E-state index is 12.4. The van der Waals surface area contributed by atoms with Crippen LogP contribution in [0.15, 0.2) is 65.8 Å². The Morgan fingerprint density at radius 2 is 1.87 bits per heavy atom. The monoisotopic (exact) mass is 418 g/mol. The van der Waals surface area contributed by atoms with Crippen LogP contribution in [0.4, 0.5) is 0 Å². The highest BCUT2D eigenvalue weighted by molar-refractivity contribution is 6.33. The number of carbonyl (C=O) groups excluding carboxylic acids is 1. The van der Waals surface area contributed by atoms with Gasteiger partial charge in [-0.25, -0.2) is 10.1 Å². The van der Waals surface area contributed by atoms with Crippen molar-refractivity contribution >= 4 is 23.7 Å². The molecule has 0 aliphatic carbocycles. The molecule has 0 saturated heterocycles. The van der Waals surface area contributed by atoms with E-state index in [4.69, 9.17) is 11.6 Å². The second-order valence-electron chi connectivity index (χ2n) is 6.68. The molecule has 0 radical (unpaired) electrons. The van der Waals surface area contributed by atoms with Gasteiger partial charge in [0.1, 0.15) is 5.69 Å². The molecule has 2 aromatic carbocycles. The molecule has 0 aliphatic rings. The Morgan fingerprint density at radius 1 is 1.13 bits per heavy atom. The Labute approximate surface area is 178 Å². The van der Waals surface area contributed by atoms with E-state index in [1.807, 2.05) is 67.1 Å². The summed E-state index contributed by atoms with van der Waals surface area (Å²) in [7, 11) is 0. The molecule has 0 bridgehead atoms. The topological polar surface area (TPSA) is 88.0 Å². The van der Waals surface area contributed by atoms with Gasteiger partial charge in [0, 0.05) is 11.1 Å². The highest BCUT2D eigenvalue weighted by atomic mass is 35.5. The molecule has 4 rings (SSSR count).